The molecule has 1 heteroatoms. The lowest BCUT2D eigenvalue weighted by atomic mass is 9.85. The van der Waals surface area contributed by atoms with Gasteiger partial charge in [0.1, 0.15) is 0 Å². The lowest BCUT2D eigenvalue weighted by Gasteiger charge is -2.38. The highest BCUT2D eigenvalue weighted by Gasteiger charge is 2.29. The maximum Gasteiger partial charge on any atom is 0.0607 e. The summed E-state index contributed by atoms with van der Waals surface area (Å²) < 4.78 is 0. The normalized spacial score (nSPS) is 17.0. The fraction of sp³-hybridized carbons (Fsp3) is 0.154. The van der Waals surface area contributed by atoms with Crippen molar-refractivity contribution in [3.8, 4) is 0 Å². The Morgan fingerprint density at radius 2 is 1.41 bits per heavy atom. The van der Waals surface area contributed by atoms with E-state index in [1.165, 1.54) is 33.0 Å². The molecule has 0 saturated heterocycles. The molecular weight excluding hydrogens is 326 g/mol. The molecule has 0 N–H and O–H groups in total. The van der Waals surface area contributed by atoms with Crippen LogP contribution in [0.25, 0.3) is 10.8 Å². The quantitative estimate of drug-likeness (QED) is 0.439. The van der Waals surface area contributed by atoms with Crippen LogP contribution in [-0.4, -0.2) is 11.4 Å². The first-order valence-electron chi connectivity index (χ1n) is 9.73. The van der Waals surface area contributed by atoms with Crippen molar-refractivity contribution in [2.75, 3.05) is 6.54 Å². The summed E-state index contributed by atoms with van der Waals surface area (Å²) in [6.07, 6.45) is 1.10. The van der Waals surface area contributed by atoms with E-state index in [0.717, 1.165) is 19.5 Å². The summed E-state index contributed by atoms with van der Waals surface area (Å²) in [5.74, 6) is 0. The molecule has 0 saturated carbocycles. The molecule has 132 valence electrons. The number of hydrogen-bond donors (Lipinski definition) is 0. The maximum absolute atomic E-state index is 2.63. The van der Waals surface area contributed by atoms with Crippen molar-refractivity contribution in [3.05, 3.63) is 119 Å². The molecule has 0 aromatic heterocycles. The maximum atomic E-state index is 2.63. The monoisotopic (exact) mass is 349 g/mol. The second-order valence-electron chi connectivity index (χ2n) is 7.37. The van der Waals surface area contributed by atoms with Crippen molar-refractivity contribution in [2.24, 2.45) is 0 Å². The van der Waals surface area contributed by atoms with Crippen LogP contribution >= 0.6 is 0 Å². The fourth-order valence-electron chi connectivity index (χ4n) is 4.48. The van der Waals surface area contributed by atoms with Gasteiger partial charge in [0, 0.05) is 13.1 Å². The van der Waals surface area contributed by atoms with Crippen molar-refractivity contribution in [1.82, 2.24) is 4.90 Å². The lowest BCUT2D eigenvalue weighted by molar-refractivity contribution is 0.205. The van der Waals surface area contributed by atoms with Crippen LogP contribution in [0.2, 0.25) is 0 Å². The summed E-state index contributed by atoms with van der Waals surface area (Å²) in [5, 5.41) is 2.76. The highest BCUT2D eigenvalue weighted by Crippen LogP contribution is 2.39. The van der Waals surface area contributed by atoms with E-state index in [1.54, 1.807) is 0 Å². The number of nitrogens with zero attached hydrogens (tertiary/aromatic N) is 1. The minimum atomic E-state index is 0.305. The molecule has 4 aromatic carbocycles. The van der Waals surface area contributed by atoms with E-state index in [4.69, 9.17) is 0 Å². The van der Waals surface area contributed by atoms with E-state index >= 15 is 0 Å². The molecule has 0 unspecified atom stereocenters. The third-order valence-electron chi connectivity index (χ3n) is 5.73. The molecule has 0 bridgehead atoms. The molecule has 1 nitrogen and oxygen atoms in total. The Balaban J connectivity index is 1.63. The summed E-state index contributed by atoms with van der Waals surface area (Å²) in [7, 11) is 0. The second kappa shape index (κ2) is 7.02. The standard InChI is InChI=1S/C26H23N/c1-3-9-20(10-4-1)19-27-18-17-24-23-14-8-7-11-21(23)15-16-25(24)26(27)22-12-5-2-6-13-22/h1-16,26H,17-19H2/t26-/m1/s1. The first-order chi connectivity index (χ1) is 13.4. The van der Waals surface area contributed by atoms with E-state index in [1.807, 2.05) is 0 Å². The number of benzene rings is 4. The van der Waals surface area contributed by atoms with E-state index in [2.05, 4.69) is 102 Å². The Bertz CT molecular complexity index is 1050. The zero-order valence-electron chi connectivity index (χ0n) is 15.4. The molecule has 1 atom stereocenters. The van der Waals surface area contributed by atoms with Crippen LogP contribution in [0.3, 0.4) is 0 Å². The van der Waals surface area contributed by atoms with Crippen molar-refractivity contribution in [2.45, 2.75) is 19.0 Å². The first-order valence-corrected chi connectivity index (χ1v) is 9.73. The molecule has 4 aromatic rings. The third-order valence-corrected chi connectivity index (χ3v) is 5.73. The molecule has 0 aliphatic carbocycles. The van der Waals surface area contributed by atoms with Gasteiger partial charge in [-0.25, -0.2) is 0 Å². The van der Waals surface area contributed by atoms with Crippen LogP contribution in [0.4, 0.5) is 0 Å². The van der Waals surface area contributed by atoms with Crippen molar-refractivity contribution < 1.29 is 0 Å². The van der Waals surface area contributed by atoms with Gasteiger partial charge in [0.15, 0.2) is 0 Å². The average molecular weight is 349 g/mol. The SMILES string of the molecule is c1ccc(CN2CCc3c(ccc4ccccc34)[C@H]2c2ccccc2)cc1. The molecule has 1 aliphatic rings. The van der Waals surface area contributed by atoms with Crippen LogP contribution in [0.5, 0.6) is 0 Å². The van der Waals surface area contributed by atoms with Gasteiger partial charge in [-0.1, -0.05) is 97.1 Å². The van der Waals surface area contributed by atoms with Crippen LogP contribution in [0.1, 0.15) is 28.3 Å². The molecule has 0 amide bonds. The molecule has 0 spiro atoms. The molecule has 5 rings (SSSR count). The Labute approximate surface area is 160 Å². The number of hydrogen-bond acceptors (Lipinski definition) is 1. The molecule has 27 heavy (non-hydrogen) atoms. The molecule has 0 fully saturated rings. The fourth-order valence-corrected chi connectivity index (χ4v) is 4.48. The predicted octanol–water partition coefficient (Wildman–Crippen LogP) is 5.99. The van der Waals surface area contributed by atoms with Crippen LogP contribution in [0, 0.1) is 0 Å². The van der Waals surface area contributed by atoms with E-state index in [0.29, 0.717) is 6.04 Å². The third kappa shape index (κ3) is 3.05. The van der Waals surface area contributed by atoms with Crippen molar-refractivity contribution in [1.29, 1.82) is 0 Å². The van der Waals surface area contributed by atoms with Gasteiger partial charge in [-0.2, -0.15) is 0 Å². The zero-order chi connectivity index (χ0) is 18.1. The van der Waals surface area contributed by atoms with Gasteiger partial charge in [0.05, 0.1) is 6.04 Å². The van der Waals surface area contributed by atoms with Crippen LogP contribution in [-0.2, 0) is 13.0 Å². The highest BCUT2D eigenvalue weighted by atomic mass is 15.2. The predicted molar refractivity (Wildman–Crippen MR) is 113 cm³/mol. The summed E-state index contributed by atoms with van der Waals surface area (Å²) in [4.78, 5) is 2.63. The zero-order valence-corrected chi connectivity index (χ0v) is 15.4. The summed E-state index contributed by atoms with van der Waals surface area (Å²) in [5.41, 5.74) is 5.74. The minimum Gasteiger partial charge on any atom is -0.288 e. The van der Waals surface area contributed by atoms with E-state index in [-0.39, 0.29) is 0 Å². The van der Waals surface area contributed by atoms with Gasteiger partial charge in [-0.15, -0.1) is 0 Å². The highest BCUT2D eigenvalue weighted by molar-refractivity contribution is 5.87. The van der Waals surface area contributed by atoms with Gasteiger partial charge in [0.25, 0.3) is 0 Å². The number of fused-ring (bicyclic) bond motifs is 3. The average Bonchev–Trinajstić information content (AvgIpc) is 2.74. The summed E-state index contributed by atoms with van der Waals surface area (Å²) in [6, 6.07) is 35.5. The van der Waals surface area contributed by atoms with Crippen molar-refractivity contribution in [3.63, 3.8) is 0 Å². The van der Waals surface area contributed by atoms with Crippen molar-refractivity contribution >= 4 is 10.8 Å². The largest absolute Gasteiger partial charge is 0.288 e. The van der Waals surface area contributed by atoms with Gasteiger partial charge >= 0.3 is 0 Å². The Hall–Kier alpha value is -2.90. The summed E-state index contributed by atoms with van der Waals surface area (Å²) in [6.45, 7) is 2.06. The molecule has 1 heterocycles. The minimum absolute atomic E-state index is 0.305. The smallest absolute Gasteiger partial charge is 0.0607 e. The Morgan fingerprint density at radius 3 is 2.22 bits per heavy atom. The second-order valence-corrected chi connectivity index (χ2v) is 7.37. The van der Waals surface area contributed by atoms with E-state index in [9.17, 15) is 0 Å². The van der Waals surface area contributed by atoms with Gasteiger partial charge in [-0.05, 0) is 39.4 Å². The first kappa shape index (κ1) is 16.3. The van der Waals surface area contributed by atoms with Crippen LogP contribution in [0.15, 0.2) is 97.1 Å². The Morgan fingerprint density at radius 1 is 0.704 bits per heavy atom. The Kier molecular flexibility index (Phi) is 4.23. The van der Waals surface area contributed by atoms with Gasteiger partial charge in [0.2, 0.25) is 0 Å². The molecule has 1 aliphatic heterocycles. The number of rotatable bonds is 3. The van der Waals surface area contributed by atoms with Gasteiger partial charge < -0.3 is 0 Å². The summed E-state index contributed by atoms with van der Waals surface area (Å²) >= 11 is 0. The molecule has 0 radical (unpaired) electrons. The van der Waals surface area contributed by atoms with E-state index < -0.39 is 0 Å². The lowest BCUT2D eigenvalue weighted by Crippen LogP contribution is -2.35. The topological polar surface area (TPSA) is 3.24 Å². The van der Waals surface area contributed by atoms with Crippen LogP contribution < -0.4 is 0 Å². The van der Waals surface area contributed by atoms with Gasteiger partial charge in [-0.3, -0.25) is 4.90 Å². The molecular formula is C26H23N.